The molecule has 0 rings (SSSR count). The van der Waals surface area contributed by atoms with Gasteiger partial charge in [-0.05, 0) is 12.2 Å². The van der Waals surface area contributed by atoms with Crippen molar-refractivity contribution in [3.63, 3.8) is 0 Å². The van der Waals surface area contributed by atoms with Gasteiger partial charge < -0.3 is 10.8 Å². The first kappa shape index (κ1) is 12.7. The van der Waals surface area contributed by atoms with Gasteiger partial charge in [-0.15, -0.1) is 0 Å². The second-order valence-corrected chi connectivity index (χ2v) is 3.59. The normalized spacial score (nSPS) is 15.2. The van der Waals surface area contributed by atoms with Crippen LogP contribution in [0.1, 0.15) is 33.1 Å². The van der Waals surface area contributed by atoms with E-state index in [-0.39, 0.29) is 17.6 Å². The van der Waals surface area contributed by atoms with Crippen LogP contribution in [-0.2, 0) is 4.79 Å². The van der Waals surface area contributed by atoms with Crippen LogP contribution in [0, 0.1) is 0 Å². The zero-order valence-corrected chi connectivity index (χ0v) is 8.79. The van der Waals surface area contributed by atoms with E-state index in [1.807, 2.05) is 13.8 Å². The Balaban J connectivity index is 4.01. The first-order valence-electron chi connectivity index (χ1n) is 4.99. The van der Waals surface area contributed by atoms with Gasteiger partial charge in [-0.2, -0.15) is 0 Å². The summed E-state index contributed by atoms with van der Waals surface area (Å²) in [5.41, 5.74) is 5.59. The molecular formula is C9H20BNO2. The molecule has 2 atom stereocenters. The third-order valence-corrected chi connectivity index (χ3v) is 2.52. The third kappa shape index (κ3) is 4.43. The molecule has 3 N–H and O–H groups in total. The topological polar surface area (TPSA) is 63.3 Å². The molecule has 0 aromatic heterocycles. The number of hydrogen-bond donors (Lipinski definition) is 2. The zero-order chi connectivity index (χ0) is 10.4. The summed E-state index contributed by atoms with van der Waals surface area (Å²) in [6.07, 6.45) is 1.90. The maximum Gasteiger partial charge on any atom is 0.289 e. The first-order chi connectivity index (χ1) is 6.02. The van der Waals surface area contributed by atoms with Gasteiger partial charge in [-0.3, -0.25) is 4.79 Å². The highest BCUT2D eigenvalue weighted by Crippen LogP contribution is 2.19. The molecule has 0 aliphatic carbocycles. The molecule has 76 valence electrons. The van der Waals surface area contributed by atoms with Crippen LogP contribution in [0.25, 0.3) is 0 Å². The highest BCUT2D eigenvalue weighted by atomic mass is 16.2. The molecule has 0 amide bonds. The Bertz CT molecular complexity index is 162. The summed E-state index contributed by atoms with van der Waals surface area (Å²) in [6, 6.07) is -0.354. The van der Waals surface area contributed by atoms with E-state index in [4.69, 9.17) is 5.73 Å². The number of carbonyl (C=O) groups excluding carboxylic acids is 1. The van der Waals surface area contributed by atoms with Crippen molar-refractivity contribution < 1.29 is 9.82 Å². The molecule has 1 unspecified atom stereocenters. The summed E-state index contributed by atoms with van der Waals surface area (Å²) in [4.78, 5) is 11.4. The standard InChI is InChI=1S/C9H20BNO2/c1-4-7(10(3)13)6-9(12)8(11)5-2/h7-8,13H,4-6,11H2,1-3H3/t7-,8?/m1/s1. The third-order valence-electron chi connectivity index (χ3n) is 2.52. The lowest BCUT2D eigenvalue weighted by molar-refractivity contribution is -0.120. The van der Waals surface area contributed by atoms with E-state index < -0.39 is 6.92 Å². The van der Waals surface area contributed by atoms with Crippen LogP contribution in [0.3, 0.4) is 0 Å². The maximum absolute atomic E-state index is 11.4. The number of Topliss-reactive ketones (excluding diaryl/α,β-unsaturated/α-hetero) is 1. The summed E-state index contributed by atoms with van der Waals surface area (Å²) < 4.78 is 0. The van der Waals surface area contributed by atoms with Crippen LogP contribution in [0.5, 0.6) is 0 Å². The minimum absolute atomic E-state index is 0.0603. The van der Waals surface area contributed by atoms with Crippen molar-refractivity contribution in [3.05, 3.63) is 0 Å². The monoisotopic (exact) mass is 185 g/mol. The Morgan fingerprint density at radius 3 is 2.31 bits per heavy atom. The minimum atomic E-state index is -0.419. The second-order valence-electron chi connectivity index (χ2n) is 3.59. The van der Waals surface area contributed by atoms with Crippen molar-refractivity contribution in [3.8, 4) is 0 Å². The van der Waals surface area contributed by atoms with Gasteiger partial charge in [-0.1, -0.05) is 27.1 Å². The number of nitrogens with two attached hydrogens (primary N) is 1. The van der Waals surface area contributed by atoms with E-state index in [0.29, 0.717) is 12.8 Å². The van der Waals surface area contributed by atoms with Crippen LogP contribution in [0.4, 0.5) is 0 Å². The lowest BCUT2D eigenvalue weighted by Crippen LogP contribution is -2.32. The Labute approximate surface area is 80.8 Å². The van der Waals surface area contributed by atoms with E-state index in [1.165, 1.54) is 0 Å². The van der Waals surface area contributed by atoms with Gasteiger partial charge >= 0.3 is 0 Å². The number of hydrogen-bond acceptors (Lipinski definition) is 3. The summed E-state index contributed by atoms with van der Waals surface area (Å²) in [5, 5.41) is 9.32. The van der Waals surface area contributed by atoms with E-state index in [2.05, 4.69) is 0 Å². The van der Waals surface area contributed by atoms with E-state index in [9.17, 15) is 9.82 Å². The Morgan fingerprint density at radius 1 is 1.46 bits per heavy atom. The summed E-state index contributed by atoms with van der Waals surface area (Å²) in [6.45, 7) is 5.17. The highest BCUT2D eigenvalue weighted by Gasteiger charge is 2.22. The maximum atomic E-state index is 11.4. The van der Waals surface area contributed by atoms with Gasteiger partial charge in [0, 0.05) is 6.42 Å². The predicted molar refractivity (Wildman–Crippen MR) is 55.8 cm³/mol. The predicted octanol–water partition coefficient (Wildman–Crippen LogP) is 1.08. The molecule has 0 saturated heterocycles. The summed E-state index contributed by atoms with van der Waals surface area (Å²) in [5.74, 6) is 0.125. The highest BCUT2D eigenvalue weighted by molar-refractivity contribution is 6.50. The Morgan fingerprint density at radius 2 is 2.00 bits per heavy atom. The fraction of sp³-hybridized carbons (Fsp3) is 0.889. The number of rotatable bonds is 6. The minimum Gasteiger partial charge on any atom is -0.450 e. The van der Waals surface area contributed by atoms with Crippen molar-refractivity contribution in [1.82, 2.24) is 0 Å². The molecule has 0 radical (unpaired) electrons. The second kappa shape index (κ2) is 6.16. The molecule has 0 spiro atoms. The molecule has 0 aromatic carbocycles. The van der Waals surface area contributed by atoms with E-state index in [1.54, 1.807) is 6.82 Å². The molecular weight excluding hydrogens is 165 g/mol. The van der Waals surface area contributed by atoms with Gasteiger partial charge in [0.05, 0.1) is 6.04 Å². The lowest BCUT2D eigenvalue weighted by Gasteiger charge is -2.16. The molecule has 0 heterocycles. The van der Waals surface area contributed by atoms with Crippen molar-refractivity contribution in [2.45, 2.75) is 51.8 Å². The molecule has 0 bridgehead atoms. The lowest BCUT2D eigenvalue weighted by atomic mass is 9.56. The van der Waals surface area contributed by atoms with E-state index in [0.717, 1.165) is 6.42 Å². The smallest absolute Gasteiger partial charge is 0.289 e. The summed E-state index contributed by atoms with van der Waals surface area (Å²) in [7, 11) is 0. The average Bonchev–Trinajstić information content (AvgIpc) is 2.11. The van der Waals surface area contributed by atoms with Crippen LogP contribution in [-0.4, -0.2) is 23.8 Å². The van der Waals surface area contributed by atoms with Crippen LogP contribution < -0.4 is 5.73 Å². The van der Waals surface area contributed by atoms with Crippen LogP contribution in [0.15, 0.2) is 0 Å². The molecule has 3 nitrogen and oxygen atoms in total. The largest absolute Gasteiger partial charge is 0.450 e. The number of ketones is 1. The number of carbonyl (C=O) groups is 1. The van der Waals surface area contributed by atoms with Crippen LogP contribution >= 0.6 is 0 Å². The van der Waals surface area contributed by atoms with Crippen molar-refractivity contribution in [1.29, 1.82) is 0 Å². The fourth-order valence-electron chi connectivity index (χ4n) is 1.29. The van der Waals surface area contributed by atoms with Crippen molar-refractivity contribution in [2.75, 3.05) is 0 Å². The molecule has 0 fully saturated rings. The molecule has 13 heavy (non-hydrogen) atoms. The molecule has 4 heteroatoms. The van der Waals surface area contributed by atoms with Gasteiger partial charge in [0.2, 0.25) is 0 Å². The van der Waals surface area contributed by atoms with Gasteiger partial charge in [0.15, 0.2) is 0 Å². The van der Waals surface area contributed by atoms with Crippen molar-refractivity contribution >= 4 is 12.7 Å². The van der Waals surface area contributed by atoms with Gasteiger partial charge in [0.1, 0.15) is 5.78 Å². The van der Waals surface area contributed by atoms with Gasteiger partial charge in [0.25, 0.3) is 6.92 Å². The zero-order valence-electron chi connectivity index (χ0n) is 8.79. The fourth-order valence-corrected chi connectivity index (χ4v) is 1.29. The Hall–Kier alpha value is -0.345. The SMILES string of the molecule is CCC(N)C(=O)C[C@@H](CC)B(C)O. The average molecular weight is 185 g/mol. The first-order valence-corrected chi connectivity index (χ1v) is 4.99. The van der Waals surface area contributed by atoms with E-state index >= 15 is 0 Å². The molecule has 0 aromatic rings. The quantitative estimate of drug-likeness (QED) is 0.608. The molecule has 0 saturated carbocycles. The van der Waals surface area contributed by atoms with Crippen molar-refractivity contribution in [2.24, 2.45) is 5.73 Å². The Kier molecular flexibility index (Phi) is 6.00. The summed E-state index contributed by atoms with van der Waals surface area (Å²) >= 11 is 0. The van der Waals surface area contributed by atoms with Crippen LogP contribution in [0.2, 0.25) is 12.6 Å². The molecule has 0 aliphatic rings. The van der Waals surface area contributed by atoms with Gasteiger partial charge in [-0.25, -0.2) is 0 Å². The molecule has 0 aliphatic heterocycles.